The summed E-state index contributed by atoms with van der Waals surface area (Å²) in [6, 6.07) is 12.2. The van der Waals surface area contributed by atoms with Gasteiger partial charge in [0.05, 0.1) is 12.8 Å². The Labute approximate surface area is 167 Å². The van der Waals surface area contributed by atoms with Crippen LogP contribution in [0.3, 0.4) is 0 Å². The largest absolute Gasteiger partial charge is 0.494 e. The van der Waals surface area contributed by atoms with Crippen molar-refractivity contribution >= 4 is 5.91 Å². The van der Waals surface area contributed by atoms with Gasteiger partial charge in [-0.1, -0.05) is 6.07 Å². The number of rotatable bonds is 5. The van der Waals surface area contributed by atoms with Crippen LogP contribution in [0, 0.1) is 5.82 Å². The number of piperazine rings is 1. The first-order valence-electron chi connectivity index (χ1n) is 9.31. The lowest BCUT2D eigenvalue weighted by Gasteiger charge is -2.34. The molecule has 1 aromatic heterocycles. The number of tetrazole rings is 1. The Hall–Kier alpha value is -3.33. The average molecular weight is 396 g/mol. The van der Waals surface area contributed by atoms with E-state index in [-0.39, 0.29) is 17.5 Å². The lowest BCUT2D eigenvalue weighted by molar-refractivity contribution is 0.0628. The summed E-state index contributed by atoms with van der Waals surface area (Å²) in [7, 11) is 1.45. The van der Waals surface area contributed by atoms with E-state index in [1.165, 1.54) is 24.2 Å². The van der Waals surface area contributed by atoms with E-state index in [1.807, 2.05) is 23.1 Å². The number of methoxy groups -OCH3 is 1. The zero-order valence-electron chi connectivity index (χ0n) is 16.0. The van der Waals surface area contributed by atoms with Gasteiger partial charge in [-0.2, -0.15) is 0 Å². The van der Waals surface area contributed by atoms with Gasteiger partial charge in [-0.25, -0.2) is 9.07 Å². The van der Waals surface area contributed by atoms with Crippen molar-refractivity contribution in [1.82, 2.24) is 30.0 Å². The van der Waals surface area contributed by atoms with Gasteiger partial charge in [0, 0.05) is 38.3 Å². The molecule has 3 aromatic rings. The Morgan fingerprint density at radius 2 is 1.86 bits per heavy atom. The molecule has 1 aliphatic heterocycles. The number of hydrogen-bond acceptors (Lipinski definition) is 6. The van der Waals surface area contributed by atoms with E-state index in [9.17, 15) is 9.18 Å². The molecule has 0 radical (unpaired) electrons. The van der Waals surface area contributed by atoms with E-state index in [1.54, 1.807) is 18.2 Å². The molecule has 29 heavy (non-hydrogen) atoms. The van der Waals surface area contributed by atoms with Gasteiger partial charge in [-0.05, 0) is 52.4 Å². The first kappa shape index (κ1) is 19.0. The van der Waals surface area contributed by atoms with Crippen LogP contribution in [0.1, 0.15) is 15.9 Å². The van der Waals surface area contributed by atoms with Gasteiger partial charge < -0.3 is 9.64 Å². The molecule has 0 atom stereocenters. The summed E-state index contributed by atoms with van der Waals surface area (Å²) < 4.78 is 20.4. The van der Waals surface area contributed by atoms with Crippen LogP contribution in [0.2, 0.25) is 0 Å². The number of ether oxygens (including phenoxy) is 1. The number of nitrogens with zero attached hydrogens (tertiary/aromatic N) is 6. The third kappa shape index (κ3) is 4.24. The summed E-state index contributed by atoms with van der Waals surface area (Å²) in [6.07, 6.45) is 1.50. The zero-order valence-corrected chi connectivity index (χ0v) is 16.0. The first-order chi connectivity index (χ1) is 14.1. The van der Waals surface area contributed by atoms with Crippen molar-refractivity contribution in [2.24, 2.45) is 0 Å². The lowest BCUT2D eigenvalue weighted by atomic mass is 10.1. The molecule has 0 unspecified atom stereocenters. The number of amides is 1. The Bertz CT molecular complexity index is 969. The molecular weight excluding hydrogens is 375 g/mol. The average Bonchev–Trinajstić information content (AvgIpc) is 3.29. The molecule has 8 nitrogen and oxygen atoms in total. The van der Waals surface area contributed by atoms with Gasteiger partial charge in [0.1, 0.15) is 6.33 Å². The fourth-order valence-corrected chi connectivity index (χ4v) is 3.39. The number of aromatic nitrogens is 4. The van der Waals surface area contributed by atoms with E-state index in [0.717, 1.165) is 24.3 Å². The maximum absolute atomic E-state index is 13.9. The van der Waals surface area contributed by atoms with Crippen molar-refractivity contribution in [2.75, 3.05) is 33.3 Å². The molecule has 1 amide bonds. The summed E-state index contributed by atoms with van der Waals surface area (Å²) in [4.78, 5) is 16.8. The minimum Gasteiger partial charge on any atom is -0.494 e. The molecular formula is C20H21FN6O2. The SMILES string of the molecule is COc1ccc(CN2CCN(C(=O)c3ccc(-n4cnnn4)cc3)CC2)cc1F. The number of hydrogen-bond donors (Lipinski definition) is 0. The second-order valence-corrected chi connectivity index (χ2v) is 6.84. The summed E-state index contributed by atoms with van der Waals surface area (Å²) >= 11 is 0. The van der Waals surface area contributed by atoms with E-state index in [4.69, 9.17) is 4.74 Å². The highest BCUT2D eigenvalue weighted by atomic mass is 19.1. The number of benzene rings is 2. The summed E-state index contributed by atoms with van der Waals surface area (Å²) in [5, 5.41) is 11.0. The molecule has 0 aliphatic carbocycles. The van der Waals surface area contributed by atoms with E-state index in [2.05, 4.69) is 20.4 Å². The van der Waals surface area contributed by atoms with Crippen molar-refractivity contribution in [3.8, 4) is 11.4 Å². The molecule has 4 rings (SSSR count). The molecule has 2 heterocycles. The molecule has 1 aliphatic rings. The van der Waals surface area contributed by atoms with Crippen molar-refractivity contribution in [2.45, 2.75) is 6.54 Å². The van der Waals surface area contributed by atoms with Gasteiger partial charge in [-0.3, -0.25) is 9.69 Å². The third-order valence-electron chi connectivity index (χ3n) is 5.01. The Morgan fingerprint density at radius 1 is 1.10 bits per heavy atom. The molecule has 1 fully saturated rings. The molecule has 9 heteroatoms. The van der Waals surface area contributed by atoms with E-state index >= 15 is 0 Å². The Balaban J connectivity index is 1.33. The number of carbonyl (C=O) groups is 1. The van der Waals surface area contributed by atoms with Gasteiger partial charge in [-0.15, -0.1) is 5.10 Å². The van der Waals surface area contributed by atoms with Crippen LogP contribution in [0.25, 0.3) is 5.69 Å². The van der Waals surface area contributed by atoms with Crippen molar-refractivity contribution in [3.63, 3.8) is 0 Å². The van der Waals surface area contributed by atoms with Crippen LogP contribution in [0.4, 0.5) is 4.39 Å². The maximum atomic E-state index is 13.9. The number of halogens is 1. The second kappa shape index (κ2) is 8.36. The predicted octanol–water partition coefficient (Wildman–Crippen LogP) is 1.77. The van der Waals surface area contributed by atoms with Crippen molar-refractivity contribution in [3.05, 3.63) is 65.7 Å². The van der Waals surface area contributed by atoms with Crippen LogP contribution in [0.5, 0.6) is 5.75 Å². The molecule has 0 saturated carbocycles. The zero-order chi connectivity index (χ0) is 20.2. The van der Waals surface area contributed by atoms with E-state index < -0.39 is 0 Å². The minimum atomic E-state index is -0.357. The summed E-state index contributed by atoms with van der Waals surface area (Å²) in [5.41, 5.74) is 2.32. The highest BCUT2D eigenvalue weighted by molar-refractivity contribution is 5.94. The van der Waals surface area contributed by atoms with Crippen molar-refractivity contribution in [1.29, 1.82) is 0 Å². The molecule has 150 valence electrons. The van der Waals surface area contributed by atoms with Gasteiger partial charge in [0.25, 0.3) is 5.91 Å². The monoisotopic (exact) mass is 396 g/mol. The molecule has 0 bridgehead atoms. The van der Waals surface area contributed by atoms with Gasteiger partial charge >= 0.3 is 0 Å². The van der Waals surface area contributed by atoms with Crippen LogP contribution in [-0.2, 0) is 6.54 Å². The normalized spacial score (nSPS) is 14.8. The van der Waals surface area contributed by atoms with Crippen LogP contribution < -0.4 is 4.74 Å². The predicted molar refractivity (Wildman–Crippen MR) is 103 cm³/mol. The van der Waals surface area contributed by atoms with Crippen molar-refractivity contribution < 1.29 is 13.9 Å². The third-order valence-corrected chi connectivity index (χ3v) is 5.01. The standard InChI is InChI=1S/C20H21FN6O2/c1-29-19-7-2-15(12-18(19)21)13-25-8-10-26(11-9-25)20(28)16-3-5-17(6-4-16)27-14-22-23-24-27/h2-7,12,14H,8-11,13H2,1H3. The van der Waals surface area contributed by atoms with Gasteiger partial charge in [0.2, 0.25) is 0 Å². The quantitative estimate of drug-likeness (QED) is 0.654. The Morgan fingerprint density at radius 3 is 2.48 bits per heavy atom. The maximum Gasteiger partial charge on any atom is 0.253 e. The Kier molecular flexibility index (Phi) is 5.48. The fourth-order valence-electron chi connectivity index (χ4n) is 3.39. The summed E-state index contributed by atoms with van der Waals surface area (Å²) in [6.45, 7) is 3.38. The van der Waals surface area contributed by atoms with Crippen LogP contribution >= 0.6 is 0 Å². The smallest absolute Gasteiger partial charge is 0.253 e. The summed E-state index contributed by atoms with van der Waals surface area (Å²) in [5.74, 6) is -0.109. The topological polar surface area (TPSA) is 76.4 Å². The van der Waals surface area contributed by atoms with Crippen LogP contribution in [-0.4, -0.2) is 69.2 Å². The second-order valence-electron chi connectivity index (χ2n) is 6.84. The molecule has 0 N–H and O–H groups in total. The molecule has 0 spiro atoms. The lowest BCUT2D eigenvalue weighted by Crippen LogP contribution is -2.48. The minimum absolute atomic E-state index is 0.00315. The van der Waals surface area contributed by atoms with E-state index in [0.29, 0.717) is 25.2 Å². The molecule has 2 aromatic carbocycles. The number of carbonyl (C=O) groups excluding carboxylic acids is 1. The first-order valence-corrected chi connectivity index (χ1v) is 9.31. The van der Waals surface area contributed by atoms with Crippen LogP contribution in [0.15, 0.2) is 48.8 Å². The molecule has 1 saturated heterocycles. The van der Waals surface area contributed by atoms with Gasteiger partial charge in [0.15, 0.2) is 11.6 Å². The highest BCUT2D eigenvalue weighted by Gasteiger charge is 2.22. The highest BCUT2D eigenvalue weighted by Crippen LogP contribution is 2.19. The fraction of sp³-hybridized carbons (Fsp3) is 0.300.